The van der Waals surface area contributed by atoms with Crippen molar-refractivity contribution in [3.8, 4) is 11.1 Å². The summed E-state index contributed by atoms with van der Waals surface area (Å²) in [5, 5.41) is 3.48. The number of rotatable bonds is 1. The Kier molecular flexibility index (Phi) is 2.65. The van der Waals surface area contributed by atoms with Gasteiger partial charge in [-0.15, -0.1) is 11.3 Å². The first kappa shape index (κ1) is 10.8. The van der Waals surface area contributed by atoms with E-state index in [1.807, 2.05) is 12.1 Å². The van der Waals surface area contributed by atoms with E-state index in [4.69, 9.17) is 5.73 Å². The average Bonchev–Trinajstić information content (AvgIpc) is 2.75. The molecule has 0 saturated carbocycles. The van der Waals surface area contributed by atoms with E-state index in [2.05, 4.69) is 51.6 Å². The Morgan fingerprint density at radius 2 is 1.76 bits per heavy atom. The summed E-state index contributed by atoms with van der Waals surface area (Å²) in [5.74, 6) is 0. The SMILES string of the molecule is Nc1ccc(-c2csc3c(Br)cccc23)cc1. The van der Waals surface area contributed by atoms with E-state index in [1.54, 1.807) is 11.3 Å². The summed E-state index contributed by atoms with van der Waals surface area (Å²) in [7, 11) is 0. The summed E-state index contributed by atoms with van der Waals surface area (Å²) in [5.41, 5.74) is 8.99. The molecule has 1 heterocycles. The smallest absolute Gasteiger partial charge is 0.0491 e. The van der Waals surface area contributed by atoms with Crippen molar-refractivity contribution >= 4 is 43.0 Å². The molecule has 0 fully saturated rings. The van der Waals surface area contributed by atoms with Crippen molar-refractivity contribution in [3.63, 3.8) is 0 Å². The maximum absolute atomic E-state index is 5.71. The van der Waals surface area contributed by atoms with Crippen LogP contribution in [0.4, 0.5) is 5.69 Å². The predicted molar refractivity (Wildman–Crippen MR) is 79.4 cm³/mol. The molecule has 0 radical (unpaired) electrons. The summed E-state index contributed by atoms with van der Waals surface area (Å²) in [4.78, 5) is 0. The molecular formula is C14H10BrNS. The standard InChI is InChI=1S/C14H10BrNS/c15-13-3-1-2-11-12(8-17-14(11)13)9-4-6-10(16)7-5-9/h1-8H,16H2. The molecule has 0 aliphatic carbocycles. The van der Waals surface area contributed by atoms with Crippen LogP contribution >= 0.6 is 27.3 Å². The molecule has 0 unspecified atom stereocenters. The lowest BCUT2D eigenvalue weighted by Crippen LogP contribution is -1.83. The van der Waals surface area contributed by atoms with Gasteiger partial charge in [-0.05, 0) is 45.1 Å². The quantitative estimate of drug-likeness (QED) is 0.635. The molecule has 0 saturated heterocycles. The largest absolute Gasteiger partial charge is 0.399 e. The highest BCUT2D eigenvalue weighted by molar-refractivity contribution is 9.10. The van der Waals surface area contributed by atoms with E-state index in [0.717, 1.165) is 10.2 Å². The molecular weight excluding hydrogens is 294 g/mol. The first-order valence-electron chi connectivity index (χ1n) is 5.27. The molecule has 3 aromatic rings. The average molecular weight is 304 g/mol. The maximum atomic E-state index is 5.71. The third-order valence-corrected chi connectivity index (χ3v) is 4.73. The number of fused-ring (bicyclic) bond motifs is 1. The highest BCUT2D eigenvalue weighted by Crippen LogP contribution is 2.37. The minimum absolute atomic E-state index is 0.800. The molecule has 3 rings (SSSR count). The van der Waals surface area contributed by atoms with Gasteiger partial charge in [0.1, 0.15) is 0 Å². The lowest BCUT2D eigenvalue weighted by molar-refractivity contribution is 1.67. The number of thiophene rings is 1. The van der Waals surface area contributed by atoms with Crippen LogP contribution in [-0.4, -0.2) is 0 Å². The van der Waals surface area contributed by atoms with Crippen molar-refractivity contribution in [2.24, 2.45) is 0 Å². The lowest BCUT2D eigenvalue weighted by Gasteiger charge is -2.01. The van der Waals surface area contributed by atoms with Crippen LogP contribution in [0.1, 0.15) is 0 Å². The van der Waals surface area contributed by atoms with Crippen LogP contribution in [0.15, 0.2) is 52.3 Å². The highest BCUT2D eigenvalue weighted by Gasteiger charge is 2.07. The fraction of sp³-hybridized carbons (Fsp3) is 0. The Hall–Kier alpha value is -1.32. The summed E-state index contributed by atoms with van der Waals surface area (Å²) >= 11 is 5.35. The van der Waals surface area contributed by atoms with Gasteiger partial charge >= 0.3 is 0 Å². The van der Waals surface area contributed by atoms with Crippen LogP contribution in [0.5, 0.6) is 0 Å². The van der Waals surface area contributed by atoms with Gasteiger partial charge in [0.05, 0.1) is 0 Å². The molecule has 0 amide bonds. The van der Waals surface area contributed by atoms with Crippen LogP contribution in [0, 0.1) is 0 Å². The van der Waals surface area contributed by atoms with Gasteiger partial charge in [0.15, 0.2) is 0 Å². The van der Waals surface area contributed by atoms with E-state index in [1.165, 1.54) is 21.2 Å². The van der Waals surface area contributed by atoms with E-state index in [9.17, 15) is 0 Å². The molecule has 0 aliphatic rings. The number of benzene rings is 2. The second-order valence-electron chi connectivity index (χ2n) is 3.89. The Labute approximate surface area is 112 Å². The van der Waals surface area contributed by atoms with Crippen molar-refractivity contribution in [1.82, 2.24) is 0 Å². The normalized spacial score (nSPS) is 10.9. The highest BCUT2D eigenvalue weighted by atomic mass is 79.9. The molecule has 17 heavy (non-hydrogen) atoms. The minimum atomic E-state index is 0.800. The summed E-state index contributed by atoms with van der Waals surface area (Å²) in [6.45, 7) is 0. The van der Waals surface area contributed by atoms with Crippen LogP contribution in [-0.2, 0) is 0 Å². The molecule has 0 atom stereocenters. The van der Waals surface area contributed by atoms with Crippen molar-refractivity contribution in [3.05, 3.63) is 52.3 Å². The second kappa shape index (κ2) is 4.17. The van der Waals surface area contributed by atoms with Gasteiger partial charge in [0.2, 0.25) is 0 Å². The number of hydrogen-bond acceptors (Lipinski definition) is 2. The molecule has 2 N–H and O–H groups in total. The second-order valence-corrected chi connectivity index (χ2v) is 5.62. The van der Waals surface area contributed by atoms with E-state index in [-0.39, 0.29) is 0 Å². The molecule has 0 bridgehead atoms. The van der Waals surface area contributed by atoms with Gasteiger partial charge in [-0.3, -0.25) is 0 Å². The number of nitrogens with two attached hydrogens (primary N) is 1. The summed E-state index contributed by atoms with van der Waals surface area (Å²) < 4.78 is 2.45. The van der Waals surface area contributed by atoms with Crippen LogP contribution in [0.2, 0.25) is 0 Å². The Morgan fingerprint density at radius 3 is 2.53 bits per heavy atom. The molecule has 0 aliphatic heterocycles. The number of anilines is 1. The summed E-state index contributed by atoms with van der Waals surface area (Å²) in [6, 6.07) is 14.3. The molecule has 3 heteroatoms. The number of nitrogen functional groups attached to an aromatic ring is 1. The summed E-state index contributed by atoms with van der Waals surface area (Å²) in [6.07, 6.45) is 0. The fourth-order valence-electron chi connectivity index (χ4n) is 1.91. The molecule has 1 nitrogen and oxygen atoms in total. The Morgan fingerprint density at radius 1 is 1.00 bits per heavy atom. The minimum Gasteiger partial charge on any atom is -0.399 e. The van der Waals surface area contributed by atoms with Gasteiger partial charge in [-0.1, -0.05) is 24.3 Å². The van der Waals surface area contributed by atoms with Crippen molar-refractivity contribution in [2.45, 2.75) is 0 Å². The van der Waals surface area contributed by atoms with Crippen LogP contribution in [0.3, 0.4) is 0 Å². The first-order valence-corrected chi connectivity index (χ1v) is 6.94. The molecule has 2 aromatic carbocycles. The van der Waals surface area contributed by atoms with Gasteiger partial charge < -0.3 is 5.73 Å². The Balaban J connectivity index is 2.24. The zero-order valence-corrected chi connectivity index (χ0v) is 11.4. The Bertz CT molecular complexity index is 670. The molecule has 84 valence electrons. The van der Waals surface area contributed by atoms with Gasteiger partial charge in [-0.25, -0.2) is 0 Å². The zero-order valence-electron chi connectivity index (χ0n) is 8.98. The maximum Gasteiger partial charge on any atom is 0.0491 e. The van der Waals surface area contributed by atoms with Crippen LogP contribution < -0.4 is 5.73 Å². The van der Waals surface area contributed by atoms with Gasteiger partial charge in [0.25, 0.3) is 0 Å². The van der Waals surface area contributed by atoms with Crippen molar-refractivity contribution in [1.29, 1.82) is 0 Å². The third kappa shape index (κ3) is 1.85. The van der Waals surface area contributed by atoms with Crippen molar-refractivity contribution in [2.75, 3.05) is 5.73 Å². The third-order valence-electron chi connectivity index (χ3n) is 2.77. The van der Waals surface area contributed by atoms with Gasteiger partial charge in [-0.2, -0.15) is 0 Å². The fourth-order valence-corrected chi connectivity index (χ4v) is 3.54. The molecule has 1 aromatic heterocycles. The number of halogens is 1. The topological polar surface area (TPSA) is 26.0 Å². The van der Waals surface area contributed by atoms with E-state index in [0.29, 0.717) is 0 Å². The monoisotopic (exact) mass is 303 g/mol. The lowest BCUT2D eigenvalue weighted by atomic mass is 10.0. The predicted octanol–water partition coefficient (Wildman–Crippen LogP) is 4.91. The zero-order chi connectivity index (χ0) is 11.8. The first-order chi connectivity index (χ1) is 8.25. The van der Waals surface area contributed by atoms with Gasteiger partial charge in [0, 0.05) is 25.8 Å². The van der Waals surface area contributed by atoms with E-state index >= 15 is 0 Å². The van der Waals surface area contributed by atoms with Crippen LogP contribution in [0.25, 0.3) is 21.2 Å². The molecule has 0 spiro atoms. The number of hydrogen-bond donors (Lipinski definition) is 1. The van der Waals surface area contributed by atoms with E-state index < -0.39 is 0 Å². The van der Waals surface area contributed by atoms with Crippen molar-refractivity contribution < 1.29 is 0 Å².